The Morgan fingerprint density at radius 3 is 2.62 bits per heavy atom. The molecule has 0 unspecified atom stereocenters. The van der Waals surface area contributed by atoms with Crippen LogP contribution >= 0.6 is 27.3 Å². The molecule has 110 valence electrons. The van der Waals surface area contributed by atoms with Crippen LogP contribution in [0.1, 0.15) is 22.5 Å². The Morgan fingerprint density at radius 1 is 1.29 bits per heavy atom. The number of nitrogens with zero attached hydrogens (tertiary/aromatic N) is 1. The molecule has 0 saturated heterocycles. The number of nitrogens with one attached hydrogen (secondary N) is 2. The molecule has 5 nitrogen and oxygen atoms in total. The molecule has 0 radical (unpaired) electrons. The Labute approximate surface area is 134 Å². The third-order valence-corrected chi connectivity index (χ3v) is 4.01. The summed E-state index contributed by atoms with van der Waals surface area (Å²) in [5.74, 6) is -0.360. The molecular formula is C14H14BrN3O2S. The highest BCUT2D eigenvalue weighted by Gasteiger charge is 2.08. The van der Waals surface area contributed by atoms with Crippen molar-refractivity contribution in [2.75, 3.05) is 11.9 Å². The van der Waals surface area contributed by atoms with E-state index in [0.29, 0.717) is 10.7 Å². The highest BCUT2D eigenvalue weighted by Crippen LogP contribution is 2.14. The Morgan fingerprint density at radius 2 is 2.00 bits per heavy atom. The van der Waals surface area contributed by atoms with Crippen LogP contribution in [0.4, 0.5) is 5.13 Å². The van der Waals surface area contributed by atoms with E-state index in [4.69, 9.17) is 0 Å². The van der Waals surface area contributed by atoms with Crippen LogP contribution in [0.2, 0.25) is 0 Å². The van der Waals surface area contributed by atoms with Gasteiger partial charge >= 0.3 is 0 Å². The van der Waals surface area contributed by atoms with Gasteiger partial charge in [0.25, 0.3) is 5.91 Å². The maximum atomic E-state index is 11.8. The van der Waals surface area contributed by atoms with Crippen molar-refractivity contribution in [3.8, 4) is 0 Å². The molecular weight excluding hydrogens is 354 g/mol. The van der Waals surface area contributed by atoms with Gasteiger partial charge < -0.3 is 10.6 Å². The van der Waals surface area contributed by atoms with E-state index in [1.54, 1.807) is 24.3 Å². The fraction of sp³-hybridized carbons (Fsp3) is 0.214. The second-order valence-electron chi connectivity index (χ2n) is 4.36. The second-order valence-corrected chi connectivity index (χ2v) is 6.13. The smallest absolute Gasteiger partial charge is 0.251 e. The number of anilines is 1. The Balaban J connectivity index is 1.74. The lowest BCUT2D eigenvalue weighted by Crippen LogP contribution is -2.27. The van der Waals surface area contributed by atoms with Crippen molar-refractivity contribution in [2.45, 2.75) is 13.3 Å². The molecule has 0 bridgehead atoms. The predicted octanol–water partition coefficient (Wildman–Crippen LogP) is 2.97. The standard InChI is InChI=1S/C14H14BrN3O2S/c1-9-8-21-14(17-9)18-12(19)6-7-16-13(20)10-2-4-11(15)5-3-10/h2-5,8H,6-7H2,1H3,(H,16,20)(H,17,18,19). The van der Waals surface area contributed by atoms with Gasteiger partial charge in [-0.15, -0.1) is 11.3 Å². The van der Waals surface area contributed by atoms with E-state index in [1.807, 2.05) is 12.3 Å². The highest BCUT2D eigenvalue weighted by molar-refractivity contribution is 9.10. The van der Waals surface area contributed by atoms with Crippen LogP contribution in [0.5, 0.6) is 0 Å². The molecule has 0 aliphatic heterocycles. The maximum Gasteiger partial charge on any atom is 0.251 e. The van der Waals surface area contributed by atoms with E-state index >= 15 is 0 Å². The number of carbonyl (C=O) groups excluding carboxylic acids is 2. The van der Waals surface area contributed by atoms with Gasteiger partial charge in [-0.25, -0.2) is 4.98 Å². The topological polar surface area (TPSA) is 71.1 Å². The summed E-state index contributed by atoms with van der Waals surface area (Å²) in [6.45, 7) is 2.15. The molecule has 1 aromatic heterocycles. The van der Waals surface area contributed by atoms with Gasteiger partial charge in [-0.05, 0) is 31.2 Å². The SMILES string of the molecule is Cc1csc(NC(=O)CCNC(=O)c2ccc(Br)cc2)n1. The van der Waals surface area contributed by atoms with Gasteiger partial charge in [-0.2, -0.15) is 0 Å². The molecule has 2 rings (SSSR count). The lowest BCUT2D eigenvalue weighted by atomic mass is 10.2. The number of benzene rings is 1. The van der Waals surface area contributed by atoms with Gasteiger partial charge in [-0.1, -0.05) is 15.9 Å². The van der Waals surface area contributed by atoms with Gasteiger partial charge in [0.05, 0.1) is 5.69 Å². The first kappa shape index (κ1) is 15.7. The zero-order valence-corrected chi connectivity index (χ0v) is 13.8. The molecule has 1 aromatic carbocycles. The molecule has 0 fully saturated rings. The van der Waals surface area contributed by atoms with E-state index in [1.165, 1.54) is 11.3 Å². The van der Waals surface area contributed by atoms with Crippen LogP contribution in [-0.2, 0) is 4.79 Å². The van der Waals surface area contributed by atoms with E-state index < -0.39 is 0 Å². The van der Waals surface area contributed by atoms with Crippen molar-refractivity contribution in [3.63, 3.8) is 0 Å². The van der Waals surface area contributed by atoms with E-state index in [9.17, 15) is 9.59 Å². The molecule has 0 aliphatic rings. The summed E-state index contributed by atoms with van der Waals surface area (Å²) < 4.78 is 0.914. The average Bonchev–Trinajstić information content (AvgIpc) is 2.84. The van der Waals surface area contributed by atoms with Gasteiger partial charge in [0.1, 0.15) is 0 Å². The molecule has 0 saturated carbocycles. The molecule has 1 heterocycles. The van der Waals surface area contributed by atoms with E-state index in [-0.39, 0.29) is 24.8 Å². The largest absolute Gasteiger partial charge is 0.352 e. The number of hydrogen-bond acceptors (Lipinski definition) is 4. The third kappa shape index (κ3) is 4.95. The number of carbonyl (C=O) groups is 2. The van der Waals surface area contributed by atoms with Crippen molar-refractivity contribution in [2.24, 2.45) is 0 Å². The van der Waals surface area contributed by atoms with Gasteiger partial charge in [0.15, 0.2) is 5.13 Å². The molecule has 0 atom stereocenters. The Hall–Kier alpha value is -1.73. The first-order valence-electron chi connectivity index (χ1n) is 6.30. The van der Waals surface area contributed by atoms with Crippen molar-refractivity contribution in [1.29, 1.82) is 0 Å². The summed E-state index contributed by atoms with van der Waals surface area (Å²) in [7, 11) is 0. The predicted molar refractivity (Wildman–Crippen MR) is 86.6 cm³/mol. The van der Waals surface area contributed by atoms with Crippen LogP contribution < -0.4 is 10.6 Å². The minimum absolute atomic E-state index is 0.166. The molecule has 2 N–H and O–H groups in total. The number of aryl methyl sites for hydroxylation is 1. The Kier molecular flexibility index (Phi) is 5.46. The summed E-state index contributed by atoms with van der Waals surface area (Å²) in [4.78, 5) is 27.7. The zero-order valence-electron chi connectivity index (χ0n) is 11.4. The highest BCUT2D eigenvalue weighted by atomic mass is 79.9. The zero-order chi connectivity index (χ0) is 15.2. The van der Waals surface area contributed by atoms with Crippen molar-refractivity contribution in [3.05, 3.63) is 45.4 Å². The molecule has 0 spiro atoms. The second kappa shape index (κ2) is 7.33. The summed E-state index contributed by atoms with van der Waals surface area (Å²) in [5.41, 5.74) is 1.44. The third-order valence-electron chi connectivity index (χ3n) is 2.61. The first-order chi connectivity index (χ1) is 10.0. The van der Waals surface area contributed by atoms with Crippen molar-refractivity contribution < 1.29 is 9.59 Å². The van der Waals surface area contributed by atoms with Crippen molar-refractivity contribution >= 4 is 44.2 Å². The number of aromatic nitrogens is 1. The molecule has 2 amide bonds. The van der Waals surface area contributed by atoms with Crippen LogP contribution in [0, 0.1) is 6.92 Å². The van der Waals surface area contributed by atoms with Gasteiger partial charge in [-0.3, -0.25) is 9.59 Å². The fourth-order valence-electron chi connectivity index (χ4n) is 1.59. The summed E-state index contributed by atoms with van der Waals surface area (Å²) in [6.07, 6.45) is 0.209. The van der Waals surface area contributed by atoms with Crippen LogP contribution in [0.25, 0.3) is 0 Å². The minimum atomic E-state index is -0.194. The molecule has 0 aliphatic carbocycles. The number of amides is 2. The minimum Gasteiger partial charge on any atom is -0.352 e. The van der Waals surface area contributed by atoms with Crippen LogP contribution in [0.3, 0.4) is 0 Å². The summed E-state index contributed by atoms with van der Waals surface area (Å²) >= 11 is 4.69. The molecule has 2 aromatic rings. The normalized spacial score (nSPS) is 10.2. The number of halogens is 1. The van der Waals surface area contributed by atoms with Crippen molar-refractivity contribution in [1.82, 2.24) is 10.3 Å². The quantitative estimate of drug-likeness (QED) is 0.853. The summed E-state index contributed by atoms with van der Waals surface area (Å²) in [5, 5.41) is 7.85. The molecule has 7 heteroatoms. The van der Waals surface area contributed by atoms with Gasteiger partial charge in [0, 0.05) is 28.4 Å². The molecule has 21 heavy (non-hydrogen) atoms. The van der Waals surface area contributed by atoms with Gasteiger partial charge in [0.2, 0.25) is 5.91 Å². The monoisotopic (exact) mass is 367 g/mol. The fourth-order valence-corrected chi connectivity index (χ4v) is 2.55. The van der Waals surface area contributed by atoms with E-state index in [0.717, 1.165) is 10.2 Å². The first-order valence-corrected chi connectivity index (χ1v) is 7.97. The van der Waals surface area contributed by atoms with E-state index in [2.05, 4.69) is 31.5 Å². The van der Waals surface area contributed by atoms with Crippen LogP contribution in [-0.4, -0.2) is 23.3 Å². The summed E-state index contributed by atoms with van der Waals surface area (Å²) in [6, 6.07) is 7.04. The number of hydrogen-bond donors (Lipinski definition) is 2. The Bertz CT molecular complexity index is 640. The van der Waals surface area contributed by atoms with Crippen LogP contribution in [0.15, 0.2) is 34.1 Å². The number of rotatable bonds is 5. The lowest BCUT2D eigenvalue weighted by Gasteiger charge is -2.05. The maximum absolute atomic E-state index is 11.8. The lowest BCUT2D eigenvalue weighted by molar-refractivity contribution is -0.116. The average molecular weight is 368 g/mol. The number of thiazole rings is 1.